The van der Waals surface area contributed by atoms with E-state index in [0.29, 0.717) is 5.41 Å². The van der Waals surface area contributed by atoms with Crippen LogP contribution in [0.4, 0.5) is 0 Å². The highest BCUT2D eigenvalue weighted by Crippen LogP contribution is 2.67. The van der Waals surface area contributed by atoms with E-state index in [1.54, 1.807) is 6.42 Å². The van der Waals surface area contributed by atoms with E-state index in [1.165, 1.54) is 44.9 Å². The van der Waals surface area contributed by atoms with E-state index in [-0.39, 0.29) is 0 Å². The maximum atomic E-state index is 2.64. The summed E-state index contributed by atoms with van der Waals surface area (Å²) in [5, 5.41) is 0. The fraction of sp³-hybridized carbons (Fsp3) is 1.00. The number of fused-ring (bicyclic) bond motifs is 1. The molecule has 0 aliphatic heterocycles. The maximum Gasteiger partial charge on any atom is -0.0289 e. The quantitative estimate of drug-likeness (QED) is 0.542. The highest BCUT2D eigenvalue weighted by Gasteiger charge is 2.60. The summed E-state index contributed by atoms with van der Waals surface area (Å²) >= 11 is 0. The molecule has 3 fully saturated rings. The van der Waals surface area contributed by atoms with Gasteiger partial charge in [-0.05, 0) is 54.3 Å². The highest BCUT2D eigenvalue weighted by atomic mass is 14.7. The first-order chi connectivity index (χ1) is 8.12. The zero-order chi connectivity index (χ0) is 12.0. The first-order valence-electron chi connectivity index (χ1n) is 8.12. The van der Waals surface area contributed by atoms with Gasteiger partial charge in [-0.1, -0.05) is 52.9 Å². The van der Waals surface area contributed by atoms with Crippen molar-refractivity contribution in [2.45, 2.75) is 72.1 Å². The van der Waals surface area contributed by atoms with E-state index < -0.39 is 0 Å². The van der Waals surface area contributed by atoms with Crippen LogP contribution in [-0.4, -0.2) is 0 Å². The summed E-state index contributed by atoms with van der Waals surface area (Å²) in [5.41, 5.74) is 0.712. The molecule has 0 heterocycles. The highest BCUT2D eigenvalue weighted by molar-refractivity contribution is 5.09. The average Bonchev–Trinajstić information content (AvgIpc) is 3.01. The van der Waals surface area contributed by atoms with Crippen LogP contribution in [0.5, 0.6) is 0 Å². The van der Waals surface area contributed by atoms with Gasteiger partial charge in [0.1, 0.15) is 0 Å². The van der Waals surface area contributed by atoms with Crippen molar-refractivity contribution in [3.63, 3.8) is 0 Å². The van der Waals surface area contributed by atoms with Crippen LogP contribution in [0.25, 0.3) is 0 Å². The standard InChI is InChI=1S/C17H30/c1-12-7-4-5-10-17(3,11-12)16-14-9-6-8-13(2)15(14)16/h12-16H,4-11H2,1-3H3. The predicted octanol–water partition coefficient (Wildman–Crippen LogP) is 5.28. The molecule has 3 rings (SSSR count). The number of hydrogen-bond acceptors (Lipinski definition) is 0. The van der Waals surface area contributed by atoms with Gasteiger partial charge in [0.05, 0.1) is 0 Å². The summed E-state index contributed by atoms with van der Waals surface area (Å²) in [6.45, 7) is 7.67. The minimum absolute atomic E-state index is 0.712. The molecule has 6 atom stereocenters. The Morgan fingerprint density at radius 3 is 2.53 bits per heavy atom. The Morgan fingerprint density at radius 1 is 0.941 bits per heavy atom. The summed E-state index contributed by atoms with van der Waals surface area (Å²) in [5.74, 6) is 5.39. The fourth-order valence-electron chi connectivity index (χ4n) is 5.72. The van der Waals surface area contributed by atoms with Crippen molar-refractivity contribution in [1.29, 1.82) is 0 Å². The van der Waals surface area contributed by atoms with Gasteiger partial charge in [-0.15, -0.1) is 0 Å². The molecule has 0 aromatic rings. The van der Waals surface area contributed by atoms with E-state index in [4.69, 9.17) is 0 Å². The van der Waals surface area contributed by atoms with Crippen molar-refractivity contribution in [3.05, 3.63) is 0 Å². The third kappa shape index (κ3) is 2.06. The molecule has 0 radical (unpaired) electrons. The molecule has 3 saturated carbocycles. The van der Waals surface area contributed by atoms with Gasteiger partial charge < -0.3 is 0 Å². The number of hydrogen-bond donors (Lipinski definition) is 0. The molecular weight excluding hydrogens is 204 g/mol. The molecule has 3 aliphatic rings. The van der Waals surface area contributed by atoms with Crippen LogP contribution in [0.3, 0.4) is 0 Å². The van der Waals surface area contributed by atoms with Crippen molar-refractivity contribution < 1.29 is 0 Å². The Hall–Kier alpha value is 0. The Kier molecular flexibility index (Phi) is 3.04. The Balaban J connectivity index is 1.74. The lowest BCUT2D eigenvalue weighted by atomic mass is 9.73. The Morgan fingerprint density at radius 2 is 1.76 bits per heavy atom. The zero-order valence-electron chi connectivity index (χ0n) is 12.0. The Labute approximate surface area is 108 Å². The van der Waals surface area contributed by atoms with Gasteiger partial charge in [0.15, 0.2) is 0 Å². The van der Waals surface area contributed by atoms with Crippen molar-refractivity contribution in [1.82, 2.24) is 0 Å². The molecule has 0 saturated heterocycles. The summed E-state index contributed by atoms with van der Waals surface area (Å²) in [6, 6.07) is 0. The molecule has 0 nitrogen and oxygen atoms in total. The molecule has 17 heavy (non-hydrogen) atoms. The molecule has 0 N–H and O–H groups in total. The third-order valence-electron chi connectivity index (χ3n) is 6.40. The SMILES string of the molecule is CC1CCCCC(C)(C2C3CCCC(C)C32)C1. The molecule has 0 heteroatoms. The molecule has 0 aromatic heterocycles. The summed E-state index contributed by atoms with van der Waals surface area (Å²) < 4.78 is 0. The number of rotatable bonds is 1. The van der Waals surface area contributed by atoms with Crippen molar-refractivity contribution in [2.75, 3.05) is 0 Å². The summed E-state index contributed by atoms with van der Waals surface area (Å²) in [6.07, 6.45) is 12.1. The van der Waals surface area contributed by atoms with Crippen LogP contribution < -0.4 is 0 Å². The minimum Gasteiger partial charge on any atom is -0.0625 e. The van der Waals surface area contributed by atoms with Crippen LogP contribution in [0, 0.1) is 35.0 Å². The summed E-state index contributed by atoms with van der Waals surface area (Å²) in [7, 11) is 0. The molecule has 0 bridgehead atoms. The van der Waals surface area contributed by atoms with Crippen molar-refractivity contribution in [3.8, 4) is 0 Å². The second-order valence-corrected chi connectivity index (χ2v) is 7.88. The molecule has 0 spiro atoms. The fourth-order valence-corrected chi connectivity index (χ4v) is 5.72. The molecular formula is C17H30. The second-order valence-electron chi connectivity index (χ2n) is 7.88. The van der Waals surface area contributed by atoms with Gasteiger partial charge in [-0.3, -0.25) is 0 Å². The van der Waals surface area contributed by atoms with E-state index in [2.05, 4.69) is 20.8 Å². The maximum absolute atomic E-state index is 2.64. The van der Waals surface area contributed by atoms with E-state index >= 15 is 0 Å². The van der Waals surface area contributed by atoms with Crippen LogP contribution in [-0.2, 0) is 0 Å². The molecule has 6 unspecified atom stereocenters. The van der Waals surface area contributed by atoms with Crippen LogP contribution in [0.2, 0.25) is 0 Å². The van der Waals surface area contributed by atoms with Gasteiger partial charge in [0.25, 0.3) is 0 Å². The van der Waals surface area contributed by atoms with E-state index in [0.717, 1.165) is 29.6 Å². The van der Waals surface area contributed by atoms with Gasteiger partial charge in [0.2, 0.25) is 0 Å². The van der Waals surface area contributed by atoms with E-state index in [9.17, 15) is 0 Å². The first kappa shape index (κ1) is 12.1. The first-order valence-corrected chi connectivity index (χ1v) is 8.12. The molecule has 0 aromatic carbocycles. The third-order valence-corrected chi connectivity index (χ3v) is 6.40. The lowest BCUT2D eigenvalue weighted by Crippen LogP contribution is -2.23. The van der Waals surface area contributed by atoms with Crippen LogP contribution >= 0.6 is 0 Å². The van der Waals surface area contributed by atoms with Crippen molar-refractivity contribution in [2.24, 2.45) is 35.0 Å². The Bertz CT molecular complexity index is 282. The van der Waals surface area contributed by atoms with E-state index in [1.807, 2.05) is 0 Å². The second kappa shape index (κ2) is 4.28. The van der Waals surface area contributed by atoms with Crippen LogP contribution in [0.15, 0.2) is 0 Å². The largest absolute Gasteiger partial charge is 0.0625 e. The minimum atomic E-state index is 0.712. The molecule has 0 amide bonds. The van der Waals surface area contributed by atoms with Gasteiger partial charge >= 0.3 is 0 Å². The zero-order valence-corrected chi connectivity index (χ0v) is 12.0. The van der Waals surface area contributed by atoms with Gasteiger partial charge in [-0.25, -0.2) is 0 Å². The normalized spacial score (nSPS) is 54.9. The molecule has 3 aliphatic carbocycles. The predicted molar refractivity (Wildman–Crippen MR) is 73.8 cm³/mol. The van der Waals surface area contributed by atoms with Crippen LogP contribution in [0.1, 0.15) is 72.1 Å². The van der Waals surface area contributed by atoms with Crippen molar-refractivity contribution >= 4 is 0 Å². The van der Waals surface area contributed by atoms with Gasteiger partial charge in [-0.2, -0.15) is 0 Å². The lowest BCUT2D eigenvalue weighted by molar-refractivity contribution is 0.182. The van der Waals surface area contributed by atoms with Gasteiger partial charge in [0, 0.05) is 0 Å². The molecule has 98 valence electrons. The summed E-state index contributed by atoms with van der Waals surface area (Å²) in [4.78, 5) is 0. The average molecular weight is 234 g/mol. The monoisotopic (exact) mass is 234 g/mol. The topological polar surface area (TPSA) is 0 Å². The smallest absolute Gasteiger partial charge is 0.0289 e. The lowest BCUT2D eigenvalue weighted by Gasteiger charge is -2.31.